The van der Waals surface area contributed by atoms with E-state index in [1.165, 1.54) is 0 Å². The van der Waals surface area contributed by atoms with Crippen LogP contribution in [-0.4, -0.2) is 11.7 Å². The monoisotopic (exact) mass is 473 g/mol. The van der Waals surface area contributed by atoms with Crippen LogP contribution in [0.25, 0.3) is 0 Å². The van der Waals surface area contributed by atoms with Crippen LogP contribution in [0.15, 0.2) is 68.7 Å². The molecule has 2 aromatic rings. The van der Waals surface area contributed by atoms with Crippen LogP contribution in [0.5, 0.6) is 0 Å². The highest BCUT2D eigenvalue weighted by Crippen LogP contribution is 2.43. The van der Waals surface area contributed by atoms with E-state index >= 15 is 0 Å². The van der Waals surface area contributed by atoms with Gasteiger partial charge < -0.3 is 0 Å². The van der Waals surface area contributed by atoms with Crippen LogP contribution >= 0.6 is 31.9 Å². The molecule has 0 saturated heterocycles. The maximum absolute atomic E-state index is 13.1. The van der Waals surface area contributed by atoms with E-state index in [1.54, 1.807) is 4.90 Å². The Hall–Kier alpha value is -1.72. The van der Waals surface area contributed by atoms with Gasteiger partial charge in [0.25, 0.3) is 0 Å². The average molecular weight is 475 g/mol. The fraction of sp³-hybridized carbons (Fsp3) is 0.238. The van der Waals surface area contributed by atoms with Gasteiger partial charge in [0.15, 0.2) is 5.78 Å². The lowest BCUT2D eigenvalue weighted by atomic mass is 9.77. The molecule has 0 radical (unpaired) electrons. The molecule has 2 aromatic carbocycles. The number of rotatable bonds is 2. The minimum absolute atomic E-state index is 0.0497. The molecule has 0 bridgehead atoms. The van der Waals surface area contributed by atoms with Crippen molar-refractivity contribution in [1.29, 1.82) is 0 Å². The average Bonchev–Trinajstić information content (AvgIpc) is 2.63. The summed E-state index contributed by atoms with van der Waals surface area (Å²) in [6.45, 7) is 0. The lowest BCUT2D eigenvalue weighted by Crippen LogP contribution is -2.40. The number of anilines is 1. The Labute approximate surface area is 169 Å². The zero-order chi connectivity index (χ0) is 18.3. The molecule has 4 rings (SSSR count). The van der Waals surface area contributed by atoms with Crippen LogP contribution in [0, 0.1) is 0 Å². The van der Waals surface area contributed by atoms with Crippen LogP contribution in [-0.2, 0) is 9.59 Å². The molecule has 1 atom stereocenters. The van der Waals surface area contributed by atoms with Gasteiger partial charge in [-0.3, -0.25) is 14.5 Å². The minimum atomic E-state index is -0.148. The number of carbonyl (C=O) groups is 2. The van der Waals surface area contributed by atoms with E-state index in [9.17, 15) is 9.59 Å². The molecule has 132 valence electrons. The Morgan fingerprint density at radius 2 is 1.46 bits per heavy atom. The molecule has 2 aliphatic rings. The first-order chi connectivity index (χ1) is 12.5. The highest BCUT2D eigenvalue weighted by Gasteiger charge is 2.39. The van der Waals surface area contributed by atoms with Gasteiger partial charge in [-0.05, 0) is 54.8 Å². The van der Waals surface area contributed by atoms with Gasteiger partial charge in [-0.1, -0.05) is 44.0 Å². The maximum Gasteiger partial charge on any atom is 0.232 e. The van der Waals surface area contributed by atoms with Gasteiger partial charge in [0.2, 0.25) is 5.91 Å². The molecule has 0 aromatic heterocycles. The number of allylic oxidation sites excluding steroid dienone is 2. The van der Waals surface area contributed by atoms with Crippen molar-refractivity contribution in [3.05, 3.63) is 74.3 Å². The van der Waals surface area contributed by atoms with Gasteiger partial charge in [0, 0.05) is 44.7 Å². The third-order valence-electron chi connectivity index (χ3n) is 5.03. The van der Waals surface area contributed by atoms with E-state index in [4.69, 9.17) is 0 Å². The summed E-state index contributed by atoms with van der Waals surface area (Å²) >= 11 is 6.89. The standard InChI is InChI=1S/C21H17Br2NO2/c22-14-6-4-13(5-7-14)17-12-20(26)24(16-10-8-15(23)9-11-16)18-2-1-3-19(25)21(17)18/h4-11,17H,1-3,12H2. The molecule has 1 amide bonds. The molecule has 0 N–H and O–H groups in total. The number of benzene rings is 2. The van der Waals surface area contributed by atoms with Crippen LogP contribution in [0.2, 0.25) is 0 Å². The Morgan fingerprint density at radius 3 is 2.12 bits per heavy atom. The first-order valence-corrected chi connectivity index (χ1v) is 10.2. The predicted molar refractivity (Wildman–Crippen MR) is 109 cm³/mol. The largest absolute Gasteiger partial charge is 0.294 e. The van der Waals surface area contributed by atoms with Crippen molar-refractivity contribution in [2.45, 2.75) is 31.6 Å². The van der Waals surface area contributed by atoms with Gasteiger partial charge >= 0.3 is 0 Å². The van der Waals surface area contributed by atoms with Crippen molar-refractivity contribution < 1.29 is 9.59 Å². The smallest absolute Gasteiger partial charge is 0.232 e. The molecular weight excluding hydrogens is 458 g/mol. The summed E-state index contributed by atoms with van der Waals surface area (Å²) in [5, 5.41) is 0. The molecule has 5 heteroatoms. The summed E-state index contributed by atoms with van der Waals surface area (Å²) in [4.78, 5) is 27.6. The van der Waals surface area contributed by atoms with Crippen LogP contribution in [0.1, 0.15) is 37.2 Å². The Kier molecular flexibility index (Phi) is 4.84. The Bertz CT molecular complexity index is 901. The highest BCUT2D eigenvalue weighted by atomic mass is 79.9. The molecule has 26 heavy (non-hydrogen) atoms. The fourth-order valence-electron chi connectivity index (χ4n) is 3.86. The second kappa shape index (κ2) is 7.12. The number of ketones is 1. The highest BCUT2D eigenvalue weighted by molar-refractivity contribution is 9.10. The molecule has 1 aliphatic heterocycles. The number of amides is 1. The fourth-order valence-corrected chi connectivity index (χ4v) is 4.39. The summed E-state index contributed by atoms with van der Waals surface area (Å²) in [7, 11) is 0. The van der Waals surface area contributed by atoms with Gasteiger partial charge in [-0.2, -0.15) is 0 Å². The first kappa shape index (κ1) is 17.7. The van der Waals surface area contributed by atoms with E-state index in [-0.39, 0.29) is 17.6 Å². The van der Waals surface area contributed by atoms with Gasteiger partial charge in [-0.25, -0.2) is 0 Å². The molecule has 0 spiro atoms. The summed E-state index contributed by atoms with van der Waals surface area (Å²) in [6, 6.07) is 15.6. The second-order valence-electron chi connectivity index (χ2n) is 6.65. The molecule has 3 nitrogen and oxygen atoms in total. The quantitative estimate of drug-likeness (QED) is 0.556. The van der Waals surface area contributed by atoms with Crippen LogP contribution in [0.3, 0.4) is 0 Å². The van der Waals surface area contributed by atoms with E-state index in [0.717, 1.165) is 44.3 Å². The van der Waals surface area contributed by atoms with E-state index < -0.39 is 0 Å². The number of hydrogen-bond donors (Lipinski definition) is 0. The third kappa shape index (κ3) is 3.19. The molecule has 0 fully saturated rings. The van der Waals surface area contributed by atoms with Crippen molar-refractivity contribution in [2.24, 2.45) is 0 Å². The van der Waals surface area contributed by atoms with Gasteiger partial charge in [-0.15, -0.1) is 0 Å². The van der Waals surface area contributed by atoms with Crippen molar-refractivity contribution in [3.63, 3.8) is 0 Å². The van der Waals surface area contributed by atoms with Crippen LogP contribution in [0.4, 0.5) is 5.69 Å². The molecule has 1 heterocycles. The Morgan fingerprint density at radius 1 is 0.846 bits per heavy atom. The van der Waals surface area contributed by atoms with Gasteiger partial charge in [0.05, 0.1) is 0 Å². The number of Topliss-reactive ketones (excluding diaryl/α,β-unsaturated/α-hetero) is 1. The summed E-state index contributed by atoms with van der Waals surface area (Å²) in [5.41, 5.74) is 3.56. The zero-order valence-corrected chi connectivity index (χ0v) is 17.2. The predicted octanol–water partition coefficient (Wildman–Crippen LogP) is 5.74. The molecule has 1 aliphatic carbocycles. The van der Waals surface area contributed by atoms with Crippen molar-refractivity contribution in [1.82, 2.24) is 0 Å². The first-order valence-electron chi connectivity index (χ1n) is 8.65. The number of halogens is 2. The molecule has 1 unspecified atom stereocenters. The van der Waals surface area contributed by atoms with Gasteiger partial charge in [0.1, 0.15) is 0 Å². The van der Waals surface area contributed by atoms with Crippen molar-refractivity contribution >= 4 is 49.2 Å². The van der Waals surface area contributed by atoms with Crippen molar-refractivity contribution in [2.75, 3.05) is 4.90 Å². The van der Waals surface area contributed by atoms with Crippen LogP contribution < -0.4 is 4.90 Å². The van der Waals surface area contributed by atoms with Crippen molar-refractivity contribution in [3.8, 4) is 0 Å². The number of hydrogen-bond acceptors (Lipinski definition) is 2. The number of carbonyl (C=O) groups excluding carboxylic acids is 2. The minimum Gasteiger partial charge on any atom is -0.294 e. The normalized spacial score (nSPS) is 20.4. The van der Waals surface area contributed by atoms with E-state index in [0.29, 0.717) is 12.8 Å². The van der Waals surface area contributed by atoms with E-state index in [2.05, 4.69) is 31.9 Å². The molecule has 0 saturated carbocycles. The Balaban J connectivity index is 1.84. The number of nitrogens with zero attached hydrogens (tertiary/aromatic N) is 1. The lowest BCUT2D eigenvalue weighted by Gasteiger charge is -2.38. The zero-order valence-electron chi connectivity index (χ0n) is 14.0. The maximum atomic E-state index is 13.1. The summed E-state index contributed by atoms with van der Waals surface area (Å²) in [5.74, 6) is 0.0765. The molecular formula is C21H17Br2NO2. The second-order valence-corrected chi connectivity index (χ2v) is 8.48. The SMILES string of the molecule is O=C1CCCC2=C1C(c1ccc(Br)cc1)CC(=O)N2c1ccc(Br)cc1. The summed E-state index contributed by atoms with van der Waals surface area (Å²) < 4.78 is 1.96. The lowest BCUT2D eigenvalue weighted by molar-refractivity contribution is -0.119. The third-order valence-corrected chi connectivity index (χ3v) is 6.09. The summed E-state index contributed by atoms with van der Waals surface area (Å²) in [6.07, 6.45) is 2.44. The van der Waals surface area contributed by atoms with E-state index in [1.807, 2.05) is 48.5 Å². The topological polar surface area (TPSA) is 37.4 Å².